The smallest absolute Gasteiger partial charge is 0.192 e. The first-order chi connectivity index (χ1) is 7.33. The molecule has 0 spiro atoms. The molecule has 1 atom stereocenters. The Kier molecular flexibility index (Phi) is 4.98. The SMILES string of the molecule is CC(C)(C)[Si](C)(C)OC[C@@H]1COCCCN1. The first-order valence-electron chi connectivity index (χ1n) is 6.28. The summed E-state index contributed by atoms with van der Waals surface area (Å²) < 4.78 is 11.7. The molecule has 1 saturated heterocycles. The van der Waals surface area contributed by atoms with E-state index in [9.17, 15) is 0 Å². The Labute approximate surface area is 101 Å². The zero-order valence-corrected chi connectivity index (χ0v) is 12.4. The summed E-state index contributed by atoms with van der Waals surface area (Å²) in [6.07, 6.45) is 1.11. The molecule has 0 aromatic carbocycles. The van der Waals surface area contributed by atoms with E-state index in [-0.39, 0.29) is 0 Å². The molecule has 0 aromatic rings. The molecular formula is C12H27NO2Si. The van der Waals surface area contributed by atoms with Gasteiger partial charge in [-0.3, -0.25) is 0 Å². The molecule has 0 saturated carbocycles. The molecule has 0 aliphatic carbocycles. The first kappa shape index (κ1) is 14.2. The fourth-order valence-corrected chi connectivity index (χ4v) is 2.45. The largest absolute Gasteiger partial charge is 0.415 e. The van der Waals surface area contributed by atoms with E-state index in [1.807, 2.05) is 0 Å². The van der Waals surface area contributed by atoms with Crippen molar-refractivity contribution in [2.45, 2.75) is 51.4 Å². The summed E-state index contributed by atoms with van der Waals surface area (Å²) in [5, 5.41) is 3.77. The maximum Gasteiger partial charge on any atom is 0.192 e. The third-order valence-electron chi connectivity index (χ3n) is 3.67. The zero-order chi connectivity index (χ0) is 12.2. The minimum atomic E-state index is -1.60. The molecule has 1 aliphatic rings. The van der Waals surface area contributed by atoms with Crippen molar-refractivity contribution in [3.8, 4) is 0 Å². The van der Waals surface area contributed by atoms with Crippen LogP contribution in [0.15, 0.2) is 0 Å². The molecule has 1 heterocycles. The minimum Gasteiger partial charge on any atom is -0.415 e. The molecule has 1 N–H and O–H groups in total. The lowest BCUT2D eigenvalue weighted by atomic mass is 10.2. The molecule has 16 heavy (non-hydrogen) atoms. The number of hydrogen-bond acceptors (Lipinski definition) is 3. The maximum absolute atomic E-state index is 6.19. The lowest BCUT2D eigenvalue weighted by Gasteiger charge is -2.37. The highest BCUT2D eigenvalue weighted by atomic mass is 28.4. The van der Waals surface area contributed by atoms with Crippen molar-refractivity contribution in [2.75, 3.05) is 26.4 Å². The fourth-order valence-electron chi connectivity index (χ4n) is 1.40. The third kappa shape index (κ3) is 4.16. The van der Waals surface area contributed by atoms with Gasteiger partial charge in [0.05, 0.1) is 19.3 Å². The molecule has 1 rings (SSSR count). The van der Waals surface area contributed by atoms with E-state index < -0.39 is 8.32 Å². The molecule has 96 valence electrons. The Hall–Kier alpha value is 0.0969. The van der Waals surface area contributed by atoms with Crippen molar-refractivity contribution < 1.29 is 9.16 Å². The monoisotopic (exact) mass is 245 g/mol. The second kappa shape index (κ2) is 5.62. The van der Waals surface area contributed by atoms with Crippen LogP contribution in [0.4, 0.5) is 0 Å². The Balaban J connectivity index is 2.37. The predicted molar refractivity (Wildman–Crippen MR) is 70.4 cm³/mol. The lowest BCUT2D eigenvalue weighted by molar-refractivity contribution is 0.111. The van der Waals surface area contributed by atoms with Crippen LogP contribution in [0.1, 0.15) is 27.2 Å². The number of hydrogen-bond donors (Lipinski definition) is 1. The van der Waals surface area contributed by atoms with E-state index >= 15 is 0 Å². The summed E-state index contributed by atoms with van der Waals surface area (Å²) in [4.78, 5) is 0. The Bertz CT molecular complexity index is 206. The van der Waals surface area contributed by atoms with Gasteiger partial charge in [0.25, 0.3) is 0 Å². The van der Waals surface area contributed by atoms with Crippen LogP contribution in [0.25, 0.3) is 0 Å². The number of ether oxygens (including phenoxy) is 1. The van der Waals surface area contributed by atoms with Crippen LogP contribution < -0.4 is 5.32 Å². The molecule has 0 bridgehead atoms. The molecule has 0 amide bonds. The van der Waals surface area contributed by atoms with Crippen molar-refractivity contribution in [1.82, 2.24) is 5.32 Å². The summed E-state index contributed by atoms with van der Waals surface area (Å²) in [6, 6.07) is 0.372. The van der Waals surface area contributed by atoms with Gasteiger partial charge in [0, 0.05) is 6.61 Å². The van der Waals surface area contributed by atoms with E-state index in [0.717, 1.165) is 32.8 Å². The predicted octanol–water partition coefficient (Wildman–Crippen LogP) is 2.39. The van der Waals surface area contributed by atoms with Crippen molar-refractivity contribution in [2.24, 2.45) is 0 Å². The molecule has 4 heteroatoms. The van der Waals surface area contributed by atoms with Crippen molar-refractivity contribution in [1.29, 1.82) is 0 Å². The van der Waals surface area contributed by atoms with Gasteiger partial charge in [0.15, 0.2) is 8.32 Å². The molecule has 3 nitrogen and oxygen atoms in total. The number of rotatable bonds is 3. The van der Waals surface area contributed by atoms with Crippen LogP contribution in [-0.4, -0.2) is 40.7 Å². The summed E-state index contributed by atoms with van der Waals surface area (Å²) >= 11 is 0. The highest BCUT2D eigenvalue weighted by Crippen LogP contribution is 2.36. The Morgan fingerprint density at radius 3 is 2.69 bits per heavy atom. The second-order valence-electron chi connectivity index (χ2n) is 6.15. The molecule has 0 aromatic heterocycles. The van der Waals surface area contributed by atoms with Gasteiger partial charge in [0.2, 0.25) is 0 Å². The van der Waals surface area contributed by atoms with Gasteiger partial charge in [-0.25, -0.2) is 0 Å². The van der Waals surface area contributed by atoms with E-state index in [1.165, 1.54) is 0 Å². The quantitative estimate of drug-likeness (QED) is 0.775. The lowest BCUT2D eigenvalue weighted by Crippen LogP contribution is -2.46. The minimum absolute atomic E-state index is 0.290. The average Bonchev–Trinajstić information content (AvgIpc) is 2.41. The molecule has 0 radical (unpaired) electrons. The topological polar surface area (TPSA) is 30.5 Å². The summed E-state index contributed by atoms with van der Waals surface area (Å²) in [5.41, 5.74) is 0. The van der Waals surface area contributed by atoms with Crippen LogP contribution in [0, 0.1) is 0 Å². The third-order valence-corrected chi connectivity index (χ3v) is 8.17. The standard InChI is InChI=1S/C12H27NO2Si/c1-12(2,3)16(4,5)15-10-11-9-14-8-6-7-13-11/h11,13H,6-10H2,1-5H3/t11-/m0/s1. The van der Waals surface area contributed by atoms with Gasteiger partial charge < -0.3 is 14.5 Å². The van der Waals surface area contributed by atoms with E-state index in [2.05, 4.69) is 39.2 Å². The van der Waals surface area contributed by atoms with E-state index in [1.54, 1.807) is 0 Å². The van der Waals surface area contributed by atoms with Crippen LogP contribution >= 0.6 is 0 Å². The van der Waals surface area contributed by atoms with Gasteiger partial charge in [-0.05, 0) is 31.1 Å². The van der Waals surface area contributed by atoms with Crippen LogP contribution in [0.5, 0.6) is 0 Å². The molecule has 1 aliphatic heterocycles. The van der Waals surface area contributed by atoms with Gasteiger partial charge in [0.1, 0.15) is 0 Å². The summed E-state index contributed by atoms with van der Waals surface area (Å²) in [7, 11) is -1.60. The van der Waals surface area contributed by atoms with Gasteiger partial charge in [-0.2, -0.15) is 0 Å². The zero-order valence-electron chi connectivity index (χ0n) is 11.4. The van der Waals surface area contributed by atoms with Crippen molar-refractivity contribution in [3.05, 3.63) is 0 Å². The molecule has 0 unspecified atom stereocenters. The highest BCUT2D eigenvalue weighted by Gasteiger charge is 2.37. The van der Waals surface area contributed by atoms with Crippen molar-refractivity contribution in [3.63, 3.8) is 0 Å². The van der Waals surface area contributed by atoms with E-state index in [0.29, 0.717) is 11.1 Å². The molecule has 1 fully saturated rings. The fraction of sp³-hybridized carbons (Fsp3) is 1.00. The van der Waals surface area contributed by atoms with Crippen LogP contribution in [-0.2, 0) is 9.16 Å². The molecular weight excluding hydrogens is 218 g/mol. The summed E-state index contributed by atoms with van der Waals surface area (Å²) in [6.45, 7) is 14.9. The first-order valence-corrected chi connectivity index (χ1v) is 9.19. The Morgan fingerprint density at radius 1 is 1.38 bits per heavy atom. The van der Waals surface area contributed by atoms with Crippen LogP contribution in [0.2, 0.25) is 18.1 Å². The van der Waals surface area contributed by atoms with Gasteiger partial charge >= 0.3 is 0 Å². The van der Waals surface area contributed by atoms with Gasteiger partial charge in [-0.15, -0.1) is 0 Å². The maximum atomic E-state index is 6.19. The van der Waals surface area contributed by atoms with Gasteiger partial charge in [-0.1, -0.05) is 20.8 Å². The second-order valence-corrected chi connectivity index (χ2v) is 11.0. The van der Waals surface area contributed by atoms with E-state index in [4.69, 9.17) is 9.16 Å². The normalized spacial score (nSPS) is 24.2. The highest BCUT2D eigenvalue weighted by molar-refractivity contribution is 6.74. The Morgan fingerprint density at radius 2 is 2.06 bits per heavy atom. The summed E-state index contributed by atoms with van der Waals surface area (Å²) in [5.74, 6) is 0. The van der Waals surface area contributed by atoms with Crippen LogP contribution in [0.3, 0.4) is 0 Å². The average molecular weight is 245 g/mol. The van der Waals surface area contributed by atoms with Crippen molar-refractivity contribution >= 4 is 8.32 Å². The number of nitrogens with one attached hydrogen (secondary N) is 1.